The highest BCUT2D eigenvalue weighted by molar-refractivity contribution is 5.97. The van der Waals surface area contributed by atoms with Gasteiger partial charge in [0.1, 0.15) is 5.75 Å². The van der Waals surface area contributed by atoms with Crippen molar-refractivity contribution in [3.8, 4) is 5.75 Å². The number of carbonyl (C=O) groups excluding carboxylic acids is 2. The van der Waals surface area contributed by atoms with Crippen LogP contribution >= 0.6 is 0 Å². The van der Waals surface area contributed by atoms with Crippen molar-refractivity contribution in [2.24, 2.45) is 5.73 Å². The zero-order valence-electron chi connectivity index (χ0n) is 7.14. The van der Waals surface area contributed by atoms with Crippen LogP contribution in [0.2, 0.25) is 0 Å². The largest absolute Gasteiger partial charge is 0.505 e. The molecule has 0 saturated heterocycles. The highest BCUT2D eigenvalue weighted by atomic mass is 16.6. The van der Waals surface area contributed by atoms with Crippen molar-refractivity contribution in [1.82, 2.24) is 4.98 Å². The number of esters is 2. The van der Waals surface area contributed by atoms with Gasteiger partial charge in [-0.15, -0.1) is 0 Å². The molecule has 1 aromatic rings. The molecule has 0 bridgehead atoms. The predicted molar refractivity (Wildman–Crippen MR) is 45.4 cm³/mol. The second-order valence-electron chi connectivity index (χ2n) is 2.34. The number of carbonyl (C=O) groups is 2. The topological polar surface area (TPSA) is 103 Å². The molecule has 0 saturated carbocycles. The maximum atomic E-state index is 11.1. The molecule has 1 heterocycles. The Kier molecular flexibility index (Phi) is 3.14. The van der Waals surface area contributed by atoms with Gasteiger partial charge >= 0.3 is 11.9 Å². The summed E-state index contributed by atoms with van der Waals surface area (Å²) in [6.07, 6.45) is 1.29. The number of rotatable bonds is 2. The smallest absolute Gasteiger partial charge is 0.368 e. The van der Waals surface area contributed by atoms with E-state index in [1.54, 1.807) is 0 Å². The molecule has 0 aliphatic rings. The fraction of sp³-hybridized carbons (Fsp3) is 0.125. The van der Waals surface area contributed by atoms with Crippen molar-refractivity contribution in [2.45, 2.75) is 0 Å². The molecule has 0 spiro atoms. The molecular weight excluding hydrogens is 188 g/mol. The fourth-order valence-electron chi connectivity index (χ4n) is 0.747. The minimum Gasteiger partial charge on any atom is -0.505 e. The summed E-state index contributed by atoms with van der Waals surface area (Å²) in [7, 11) is 0. The lowest BCUT2D eigenvalue weighted by Gasteiger charge is -2.01. The van der Waals surface area contributed by atoms with Crippen LogP contribution in [0.1, 0.15) is 10.5 Å². The van der Waals surface area contributed by atoms with Gasteiger partial charge in [-0.1, -0.05) is 0 Å². The standard InChI is InChI=1S/C8H8N2O4/c9-4-6(12)14-8(13)7-5(11)2-1-3-10-7/h1-3,11H,4,9H2. The lowest BCUT2D eigenvalue weighted by atomic mass is 10.3. The number of nitrogens with two attached hydrogens (primary N) is 1. The van der Waals surface area contributed by atoms with Gasteiger partial charge in [-0.2, -0.15) is 0 Å². The molecule has 3 N–H and O–H groups in total. The monoisotopic (exact) mass is 196 g/mol. The fourth-order valence-corrected chi connectivity index (χ4v) is 0.747. The SMILES string of the molecule is NCC(=O)OC(=O)c1ncccc1O. The van der Waals surface area contributed by atoms with E-state index >= 15 is 0 Å². The number of ether oxygens (including phenoxy) is 1. The van der Waals surface area contributed by atoms with E-state index in [1.807, 2.05) is 0 Å². The van der Waals surface area contributed by atoms with Crippen LogP contribution < -0.4 is 5.73 Å². The van der Waals surface area contributed by atoms with Crippen molar-refractivity contribution >= 4 is 11.9 Å². The van der Waals surface area contributed by atoms with Gasteiger partial charge in [0, 0.05) is 6.20 Å². The van der Waals surface area contributed by atoms with Crippen molar-refractivity contribution in [3.63, 3.8) is 0 Å². The molecule has 0 aliphatic heterocycles. The van der Waals surface area contributed by atoms with Gasteiger partial charge in [0.2, 0.25) is 0 Å². The summed E-state index contributed by atoms with van der Waals surface area (Å²) in [5.41, 5.74) is 4.62. The van der Waals surface area contributed by atoms with E-state index in [9.17, 15) is 9.59 Å². The first-order valence-corrected chi connectivity index (χ1v) is 3.74. The Morgan fingerprint density at radius 2 is 2.29 bits per heavy atom. The van der Waals surface area contributed by atoms with Gasteiger partial charge in [0.05, 0.1) is 6.54 Å². The number of hydrogen-bond acceptors (Lipinski definition) is 6. The molecule has 0 aliphatic carbocycles. The number of hydrogen-bond donors (Lipinski definition) is 2. The molecule has 0 unspecified atom stereocenters. The van der Waals surface area contributed by atoms with Crippen molar-refractivity contribution in [2.75, 3.05) is 6.54 Å². The molecule has 14 heavy (non-hydrogen) atoms. The summed E-state index contributed by atoms with van der Waals surface area (Å²) in [6.45, 7) is -0.403. The van der Waals surface area contributed by atoms with E-state index in [0.717, 1.165) is 0 Å². The number of pyridine rings is 1. The summed E-state index contributed by atoms with van der Waals surface area (Å²) in [5.74, 6) is -2.24. The first-order valence-electron chi connectivity index (χ1n) is 3.74. The van der Waals surface area contributed by atoms with E-state index in [0.29, 0.717) is 0 Å². The molecule has 74 valence electrons. The van der Waals surface area contributed by atoms with Gasteiger partial charge in [0.25, 0.3) is 0 Å². The predicted octanol–water partition coefficient (Wildman–Crippen LogP) is -0.571. The highest BCUT2D eigenvalue weighted by Gasteiger charge is 2.16. The van der Waals surface area contributed by atoms with Gasteiger partial charge < -0.3 is 15.6 Å². The molecule has 6 nitrogen and oxygen atoms in total. The molecule has 0 fully saturated rings. The molecule has 0 aromatic carbocycles. The van der Waals surface area contributed by atoms with E-state index < -0.39 is 18.5 Å². The third kappa shape index (κ3) is 2.27. The first-order chi connectivity index (χ1) is 6.65. The zero-order chi connectivity index (χ0) is 10.6. The number of nitrogens with zero attached hydrogens (tertiary/aromatic N) is 1. The van der Waals surface area contributed by atoms with Crippen LogP contribution in [0, 0.1) is 0 Å². The normalized spacial score (nSPS) is 9.50. The average molecular weight is 196 g/mol. The van der Waals surface area contributed by atoms with Crippen LogP contribution in [0.3, 0.4) is 0 Å². The van der Waals surface area contributed by atoms with E-state index in [2.05, 4.69) is 9.72 Å². The third-order valence-corrected chi connectivity index (χ3v) is 1.35. The van der Waals surface area contributed by atoms with Crippen LogP contribution in [0.4, 0.5) is 0 Å². The van der Waals surface area contributed by atoms with Crippen LogP contribution in [0.5, 0.6) is 5.75 Å². The van der Waals surface area contributed by atoms with Crippen LogP contribution in [0.25, 0.3) is 0 Å². The zero-order valence-corrected chi connectivity index (χ0v) is 7.14. The summed E-state index contributed by atoms with van der Waals surface area (Å²) < 4.78 is 4.24. The Hall–Kier alpha value is -1.95. The molecule has 1 rings (SSSR count). The van der Waals surface area contributed by atoms with Gasteiger partial charge in [-0.3, -0.25) is 4.79 Å². The Balaban J connectivity index is 2.80. The van der Waals surface area contributed by atoms with Crippen LogP contribution in [0.15, 0.2) is 18.3 Å². The summed E-state index contributed by atoms with van der Waals surface area (Å²) in [4.78, 5) is 25.3. The third-order valence-electron chi connectivity index (χ3n) is 1.35. The molecule has 0 radical (unpaired) electrons. The van der Waals surface area contributed by atoms with Crippen molar-refractivity contribution in [1.29, 1.82) is 0 Å². The van der Waals surface area contributed by atoms with Crippen LogP contribution in [-0.2, 0) is 9.53 Å². The van der Waals surface area contributed by atoms with E-state index in [4.69, 9.17) is 10.8 Å². The lowest BCUT2D eigenvalue weighted by molar-refractivity contribution is -0.136. The Morgan fingerprint density at radius 1 is 1.57 bits per heavy atom. The van der Waals surface area contributed by atoms with Crippen molar-refractivity contribution < 1.29 is 19.4 Å². The minimum atomic E-state index is -1.02. The van der Waals surface area contributed by atoms with E-state index in [-0.39, 0.29) is 11.4 Å². The molecule has 1 aromatic heterocycles. The molecule has 0 amide bonds. The second-order valence-corrected chi connectivity index (χ2v) is 2.34. The second kappa shape index (κ2) is 4.33. The first kappa shape index (κ1) is 10.1. The Labute approximate surface area is 79.3 Å². The maximum Gasteiger partial charge on any atom is 0.368 e. The highest BCUT2D eigenvalue weighted by Crippen LogP contribution is 2.13. The van der Waals surface area contributed by atoms with Gasteiger partial charge in [-0.25, -0.2) is 9.78 Å². The van der Waals surface area contributed by atoms with Gasteiger partial charge in [0.15, 0.2) is 5.69 Å². The quantitative estimate of drug-likeness (QED) is 0.485. The molecular formula is C8H8N2O4. The number of aromatic nitrogens is 1. The summed E-state index contributed by atoms with van der Waals surface area (Å²) >= 11 is 0. The van der Waals surface area contributed by atoms with Crippen LogP contribution in [-0.4, -0.2) is 28.6 Å². The molecule has 0 atom stereocenters. The number of aromatic hydroxyl groups is 1. The average Bonchev–Trinajstić information content (AvgIpc) is 2.18. The Bertz CT molecular complexity index is 364. The summed E-state index contributed by atoms with van der Waals surface area (Å²) in [5, 5.41) is 9.16. The molecule has 6 heteroatoms. The maximum absolute atomic E-state index is 11.1. The Morgan fingerprint density at radius 3 is 2.86 bits per heavy atom. The van der Waals surface area contributed by atoms with Gasteiger partial charge in [-0.05, 0) is 12.1 Å². The summed E-state index contributed by atoms with van der Waals surface area (Å²) in [6, 6.07) is 2.70. The van der Waals surface area contributed by atoms with E-state index in [1.165, 1.54) is 18.3 Å². The van der Waals surface area contributed by atoms with Crippen molar-refractivity contribution in [3.05, 3.63) is 24.0 Å². The minimum absolute atomic E-state index is 0.311. The lowest BCUT2D eigenvalue weighted by Crippen LogP contribution is -2.21.